The molecule has 0 saturated carbocycles. The molecule has 1 aliphatic rings. The van der Waals surface area contributed by atoms with E-state index in [-0.39, 0.29) is 11.6 Å². The maximum absolute atomic E-state index is 5.90. The van der Waals surface area contributed by atoms with Crippen LogP contribution >= 0.6 is 0 Å². The molecule has 2 rings (SSSR count). The van der Waals surface area contributed by atoms with Gasteiger partial charge in [0.1, 0.15) is 5.75 Å². The lowest BCUT2D eigenvalue weighted by Crippen LogP contribution is -2.51. The molecule has 0 saturated heterocycles. The number of hydrogen-bond acceptors (Lipinski definition) is 4. The second-order valence-corrected chi connectivity index (χ2v) is 5.94. The van der Waals surface area contributed by atoms with Gasteiger partial charge in [0.15, 0.2) is 0 Å². The van der Waals surface area contributed by atoms with Crippen LogP contribution in [-0.4, -0.2) is 31.1 Å². The Labute approximate surface area is 115 Å². The summed E-state index contributed by atoms with van der Waals surface area (Å²) < 4.78 is 5.90. The van der Waals surface area contributed by atoms with Crippen LogP contribution < -0.4 is 16.0 Å². The van der Waals surface area contributed by atoms with Crippen molar-refractivity contribution in [3.63, 3.8) is 0 Å². The second-order valence-electron chi connectivity index (χ2n) is 5.94. The van der Waals surface area contributed by atoms with Crippen molar-refractivity contribution in [1.82, 2.24) is 10.3 Å². The molecule has 0 bridgehead atoms. The van der Waals surface area contributed by atoms with Gasteiger partial charge < -0.3 is 9.64 Å². The molecule has 3 N–H and O–H groups in total. The average Bonchev–Trinajstić information content (AvgIpc) is 2.39. The molecule has 4 heteroatoms. The summed E-state index contributed by atoms with van der Waals surface area (Å²) in [6, 6.07) is 6.38. The van der Waals surface area contributed by atoms with E-state index in [1.807, 2.05) is 0 Å². The van der Waals surface area contributed by atoms with E-state index in [1.54, 1.807) is 0 Å². The van der Waals surface area contributed by atoms with Crippen LogP contribution in [0.4, 0.5) is 0 Å². The molecule has 1 heterocycles. The van der Waals surface area contributed by atoms with Gasteiger partial charge in [0.25, 0.3) is 0 Å². The molecule has 0 radical (unpaired) electrons. The first-order chi connectivity index (χ1) is 8.98. The Morgan fingerprint density at radius 1 is 1.37 bits per heavy atom. The minimum Gasteiger partial charge on any atom is -0.493 e. The van der Waals surface area contributed by atoms with E-state index < -0.39 is 0 Å². The quantitative estimate of drug-likeness (QED) is 0.643. The van der Waals surface area contributed by atoms with Crippen LogP contribution in [0.15, 0.2) is 18.2 Å². The topological polar surface area (TPSA) is 50.5 Å². The van der Waals surface area contributed by atoms with Crippen molar-refractivity contribution in [3.8, 4) is 5.75 Å². The van der Waals surface area contributed by atoms with E-state index in [0.717, 1.165) is 30.8 Å². The van der Waals surface area contributed by atoms with Crippen LogP contribution in [0.5, 0.6) is 5.75 Å². The largest absolute Gasteiger partial charge is 0.493 e. The summed E-state index contributed by atoms with van der Waals surface area (Å²) >= 11 is 0. The smallest absolute Gasteiger partial charge is 0.127 e. The van der Waals surface area contributed by atoms with Crippen molar-refractivity contribution in [2.45, 2.75) is 38.3 Å². The number of nitrogens with two attached hydrogens (primary N) is 1. The van der Waals surface area contributed by atoms with Gasteiger partial charge in [-0.3, -0.25) is 11.3 Å². The predicted octanol–water partition coefficient (Wildman–Crippen LogP) is 1.86. The number of rotatable bonds is 4. The van der Waals surface area contributed by atoms with Gasteiger partial charge in [-0.25, -0.2) is 0 Å². The number of likely N-dealkylation sites (N-methyl/N-ethyl adjacent to an activating group) is 1. The molecular weight excluding hydrogens is 238 g/mol. The lowest BCUT2D eigenvalue weighted by atomic mass is 9.86. The lowest BCUT2D eigenvalue weighted by molar-refractivity contribution is 0.135. The summed E-state index contributed by atoms with van der Waals surface area (Å²) in [7, 11) is 4.14. The SMILES string of the molecule is CN(C)C(C)(C)C(NN)c1cccc2c1OCCC2. The van der Waals surface area contributed by atoms with Gasteiger partial charge in [0.2, 0.25) is 0 Å². The van der Waals surface area contributed by atoms with Crippen LogP contribution in [0.2, 0.25) is 0 Å². The highest BCUT2D eigenvalue weighted by Crippen LogP contribution is 2.38. The van der Waals surface area contributed by atoms with Crippen molar-refractivity contribution in [3.05, 3.63) is 29.3 Å². The van der Waals surface area contributed by atoms with Crippen molar-refractivity contribution >= 4 is 0 Å². The van der Waals surface area contributed by atoms with Crippen LogP contribution in [0.3, 0.4) is 0 Å². The number of aryl methyl sites for hydroxylation is 1. The molecule has 19 heavy (non-hydrogen) atoms. The fourth-order valence-electron chi connectivity index (χ4n) is 2.57. The van der Waals surface area contributed by atoms with Crippen LogP contribution in [-0.2, 0) is 6.42 Å². The Balaban J connectivity index is 2.44. The molecule has 106 valence electrons. The highest BCUT2D eigenvalue weighted by atomic mass is 16.5. The Morgan fingerprint density at radius 2 is 2.11 bits per heavy atom. The fourth-order valence-corrected chi connectivity index (χ4v) is 2.57. The Hall–Kier alpha value is -1.10. The normalized spacial score (nSPS) is 16.9. The molecule has 0 spiro atoms. The maximum Gasteiger partial charge on any atom is 0.127 e. The zero-order valence-corrected chi connectivity index (χ0v) is 12.4. The van der Waals surface area contributed by atoms with Gasteiger partial charge in [-0.15, -0.1) is 0 Å². The third-order valence-corrected chi connectivity index (χ3v) is 4.30. The molecule has 4 nitrogen and oxygen atoms in total. The Morgan fingerprint density at radius 3 is 2.74 bits per heavy atom. The molecule has 1 atom stereocenters. The molecule has 0 amide bonds. The molecule has 0 aromatic heterocycles. The maximum atomic E-state index is 5.90. The minimum atomic E-state index is -0.106. The number of hydrazine groups is 1. The standard InChI is InChI=1S/C15H25N3O/c1-15(2,18(3)4)14(17-16)12-9-5-7-11-8-6-10-19-13(11)12/h5,7,9,14,17H,6,8,10,16H2,1-4H3. The number of fused-ring (bicyclic) bond motifs is 1. The van der Waals surface area contributed by atoms with Crippen LogP contribution in [0, 0.1) is 0 Å². The number of hydrogen-bond donors (Lipinski definition) is 2. The van der Waals surface area contributed by atoms with Crippen LogP contribution in [0.1, 0.15) is 37.4 Å². The van der Waals surface area contributed by atoms with Gasteiger partial charge >= 0.3 is 0 Å². The van der Waals surface area contributed by atoms with Gasteiger partial charge in [0.05, 0.1) is 12.6 Å². The van der Waals surface area contributed by atoms with Crippen molar-refractivity contribution in [2.24, 2.45) is 5.84 Å². The fraction of sp³-hybridized carbons (Fsp3) is 0.600. The monoisotopic (exact) mass is 263 g/mol. The van der Waals surface area contributed by atoms with E-state index >= 15 is 0 Å². The van der Waals surface area contributed by atoms with Crippen molar-refractivity contribution < 1.29 is 4.74 Å². The summed E-state index contributed by atoms with van der Waals surface area (Å²) in [6.07, 6.45) is 2.18. The van der Waals surface area contributed by atoms with E-state index in [4.69, 9.17) is 10.6 Å². The zero-order valence-electron chi connectivity index (χ0n) is 12.4. The molecule has 0 fully saturated rings. The second kappa shape index (κ2) is 5.49. The highest BCUT2D eigenvalue weighted by molar-refractivity contribution is 5.45. The van der Waals surface area contributed by atoms with E-state index in [0.29, 0.717) is 0 Å². The van der Waals surface area contributed by atoms with Gasteiger partial charge in [-0.05, 0) is 46.3 Å². The van der Waals surface area contributed by atoms with E-state index in [9.17, 15) is 0 Å². The number of nitrogens with zero attached hydrogens (tertiary/aromatic N) is 1. The number of ether oxygens (including phenoxy) is 1. The van der Waals surface area contributed by atoms with E-state index in [1.165, 1.54) is 5.56 Å². The number of benzene rings is 1. The van der Waals surface area contributed by atoms with Crippen molar-refractivity contribution in [1.29, 1.82) is 0 Å². The first kappa shape index (κ1) is 14.3. The number of nitrogens with one attached hydrogen (secondary N) is 1. The summed E-state index contributed by atoms with van der Waals surface area (Å²) in [5.41, 5.74) is 5.30. The van der Waals surface area contributed by atoms with Gasteiger partial charge in [0, 0.05) is 11.1 Å². The molecule has 0 aliphatic carbocycles. The Kier molecular flexibility index (Phi) is 4.13. The summed E-state index contributed by atoms with van der Waals surface area (Å²) in [5.74, 6) is 6.85. The first-order valence-corrected chi connectivity index (χ1v) is 6.86. The lowest BCUT2D eigenvalue weighted by Gasteiger charge is -2.41. The summed E-state index contributed by atoms with van der Waals surface area (Å²) in [4.78, 5) is 2.18. The molecule has 1 aliphatic heterocycles. The third-order valence-electron chi connectivity index (χ3n) is 4.30. The van der Waals surface area contributed by atoms with Crippen molar-refractivity contribution in [2.75, 3.05) is 20.7 Å². The summed E-state index contributed by atoms with van der Waals surface area (Å²) in [6.45, 7) is 5.16. The average molecular weight is 263 g/mol. The number of para-hydroxylation sites is 1. The van der Waals surface area contributed by atoms with E-state index in [2.05, 4.69) is 56.5 Å². The molecule has 1 aromatic carbocycles. The molecule has 1 aromatic rings. The molecular formula is C15H25N3O. The van der Waals surface area contributed by atoms with Gasteiger partial charge in [-0.2, -0.15) is 0 Å². The van der Waals surface area contributed by atoms with Crippen LogP contribution in [0.25, 0.3) is 0 Å². The Bertz CT molecular complexity index is 443. The molecule has 1 unspecified atom stereocenters. The minimum absolute atomic E-state index is 0.0237. The highest BCUT2D eigenvalue weighted by Gasteiger charge is 2.34. The first-order valence-electron chi connectivity index (χ1n) is 6.86. The third kappa shape index (κ3) is 2.61. The summed E-state index contributed by atoms with van der Waals surface area (Å²) in [5, 5.41) is 0. The van der Waals surface area contributed by atoms with Gasteiger partial charge in [-0.1, -0.05) is 18.2 Å². The zero-order chi connectivity index (χ0) is 14.0. The predicted molar refractivity (Wildman–Crippen MR) is 78.1 cm³/mol.